The van der Waals surface area contributed by atoms with Crippen molar-refractivity contribution in [3.63, 3.8) is 0 Å². The van der Waals surface area contributed by atoms with Crippen molar-refractivity contribution in [2.75, 3.05) is 24.5 Å². The maximum absolute atomic E-state index is 14.0. The summed E-state index contributed by atoms with van der Waals surface area (Å²) in [4.78, 5) is 28.4. The lowest BCUT2D eigenvalue weighted by Gasteiger charge is -2.33. The van der Waals surface area contributed by atoms with Crippen LogP contribution in [-0.2, 0) is 26.2 Å². The maximum atomic E-state index is 14.0. The van der Waals surface area contributed by atoms with E-state index in [4.69, 9.17) is 16.3 Å². The zero-order chi connectivity index (χ0) is 28.6. The number of amides is 2. The molecule has 39 heavy (non-hydrogen) atoms. The van der Waals surface area contributed by atoms with E-state index in [0.29, 0.717) is 23.7 Å². The van der Waals surface area contributed by atoms with Crippen LogP contribution in [0.3, 0.4) is 0 Å². The van der Waals surface area contributed by atoms with Crippen LogP contribution in [0.25, 0.3) is 0 Å². The number of methoxy groups -OCH3 is 1. The Kier molecular flexibility index (Phi) is 10.4. The van der Waals surface area contributed by atoms with Gasteiger partial charge >= 0.3 is 0 Å². The zero-order valence-electron chi connectivity index (χ0n) is 22.6. The maximum Gasteiger partial charge on any atom is 0.264 e. The van der Waals surface area contributed by atoms with Gasteiger partial charge in [0.25, 0.3) is 10.0 Å². The fraction of sp³-hybridized carbons (Fsp3) is 0.310. The molecule has 208 valence electrons. The van der Waals surface area contributed by atoms with Gasteiger partial charge in [-0.1, -0.05) is 54.4 Å². The second kappa shape index (κ2) is 13.5. The molecule has 0 heterocycles. The monoisotopic (exact) mass is 571 g/mol. The summed E-state index contributed by atoms with van der Waals surface area (Å²) >= 11 is 6.21. The minimum absolute atomic E-state index is 0.0401. The van der Waals surface area contributed by atoms with E-state index in [1.54, 1.807) is 68.6 Å². The SMILES string of the molecule is CCNC(=O)C(CC)N(Cc1ccc(OC)cc1)C(=O)CN(c1cccc(Cl)c1)S(=O)(=O)c1ccc(C)cc1. The number of rotatable bonds is 12. The number of ether oxygens (including phenoxy) is 1. The topological polar surface area (TPSA) is 96.0 Å². The largest absolute Gasteiger partial charge is 0.497 e. The van der Waals surface area contributed by atoms with Crippen LogP contribution in [0, 0.1) is 6.92 Å². The lowest BCUT2D eigenvalue weighted by atomic mass is 10.1. The molecular weight excluding hydrogens is 538 g/mol. The van der Waals surface area contributed by atoms with Crippen molar-refractivity contribution in [3.05, 3.63) is 88.9 Å². The molecule has 1 atom stereocenters. The molecule has 0 aliphatic heterocycles. The average Bonchev–Trinajstić information content (AvgIpc) is 2.92. The minimum atomic E-state index is -4.15. The van der Waals surface area contributed by atoms with Crippen LogP contribution in [0.1, 0.15) is 31.4 Å². The van der Waals surface area contributed by atoms with Gasteiger partial charge in [0.1, 0.15) is 18.3 Å². The van der Waals surface area contributed by atoms with Gasteiger partial charge in [-0.2, -0.15) is 0 Å². The summed E-state index contributed by atoms with van der Waals surface area (Å²) in [5.41, 5.74) is 1.91. The first-order valence-corrected chi connectivity index (χ1v) is 14.5. The highest BCUT2D eigenvalue weighted by atomic mass is 35.5. The standard InChI is InChI=1S/C29H34ClN3O5S/c1-5-27(29(35)31-6-2)32(19-22-12-14-25(38-4)15-13-22)28(34)20-33(24-9-7-8-23(30)18-24)39(36,37)26-16-10-21(3)11-17-26/h7-18,27H,5-6,19-20H2,1-4H3,(H,31,35). The van der Waals surface area contributed by atoms with Gasteiger partial charge in [0.05, 0.1) is 17.7 Å². The first-order chi connectivity index (χ1) is 18.6. The molecule has 0 saturated carbocycles. The smallest absolute Gasteiger partial charge is 0.264 e. The van der Waals surface area contributed by atoms with Crippen molar-refractivity contribution >= 4 is 39.1 Å². The Labute approximate surface area is 235 Å². The molecule has 10 heteroatoms. The third-order valence-corrected chi connectivity index (χ3v) is 8.26. The van der Waals surface area contributed by atoms with Gasteiger partial charge in [-0.05, 0) is 68.3 Å². The van der Waals surface area contributed by atoms with E-state index in [2.05, 4.69) is 5.32 Å². The number of sulfonamides is 1. The Morgan fingerprint density at radius 3 is 2.23 bits per heavy atom. The van der Waals surface area contributed by atoms with Gasteiger partial charge in [0.2, 0.25) is 11.8 Å². The average molecular weight is 572 g/mol. The molecule has 0 fully saturated rings. The van der Waals surface area contributed by atoms with Crippen molar-refractivity contribution < 1.29 is 22.7 Å². The fourth-order valence-corrected chi connectivity index (χ4v) is 5.73. The Hall–Kier alpha value is -3.56. The number of halogens is 1. The molecule has 0 saturated heterocycles. The third-order valence-electron chi connectivity index (χ3n) is 6.23. The molecule has 3 rings (SSSR count). The van der Waals surface area contributed by atoms with Crippen molar-refractivity contribution in [3.8, 4) is 5.75 Å². The van der Waals surface area contributed by atoms with Crippen molar-refractivity contribution in [1.29, 1.82) is 0 Å². The van der Waals surface area contributed by atoms with E-state index in [0.717, 1.165) is 15.4 Å². The van der Waals surface area contributed by atoms with Crippen LogP contribution >= 0.6 is 11.6 Å². The first kappa shape index (κ1) is 30.0. The van der Waals surface area contributed by atoms with E-state index in [1.165, 1.54) is 23.1 Å². The third kappa shape index (κ3) is 7.52. The number of carbonyl (C=O) groups excluding carboxylic acids is 2. The zero-order valence-corrected chi connectivity index (χ0v) is 24.1. The van der Waals surface area contributed by atoms with Crippen molar-refractivity contribution in [2.45, 2.75) is 44.7 Å². The summed E-state index contributed by atoms with van der Waals surface area (Å²) in [6.45, 7) is 5.45. The molecule has 0 spiro atoms. The Morgan fingerprint density at radius 2 is 1.67 bits per heavy atom. The van der Waals surface area contributed by atoms with E-state index in [9.17, 15) is 18.0 Å². The van der Waals surface area contributed by atoms with E-state index in [-0.39, 0.29) is 23.0 Å². The Balaban J connectivity index is 2.05. The van der Waals surface area contributed by atoms with Crippen molar-refractivity contribution in [1.82, 2.24) is 10.2 Å². The summed E-state index contributed by atoms with van der Waals surface area (Å²) in [6, 6.07) is 19.1. The van der Waals surface area contributed by atoms with Gasteiger partial charge in [-0.3, -0.25) is 13.9 Å². The fourth-order valence-electron chi connectivity index (χ4n) is 4.14. The van der Waals surface area contributed by atoms with Crippen LogP contribution in [-0.4, -0.2) is 51.4 Å². The van der Waals surface area contributed by atoms with E-state index in [1.807, 2.05) is 13.8 Å². The molecule has 2 amide bonds. The van der Waals surface area contributed by atoms with Gasteiger partial charge < -0.3 is 15.0 Å². The molecule has 0 aliphatic rings. The van der Waals surface area contributed by atoms with Crippen molar-refractivity contribution in [2.24, 2.45) is 0 Å². The molecule has 0 aromatic heterocycles. The molecule has 0 bridgehead atoms. The molecule has 1 N–H and O–H groups in total. The van der Waals surface area contributed by atoms with E-state index >= 15 is 0 Å². The Bertz CT molecular complexity index is 1380. The summed E-state index contributed by atoms with van der Waals surface area (Å²) < 4.78 is 33.9. The number of aryl methyl sites for hydroxylation is 1. The highest BCUT2D eigenvalue weighted by Crippen LogP contribution is 2.27. The molecule has 0 radical (unpaired) electrons. The van der Waals surface area contributed by atoms with Crippen LogP contribution < -0.4 is 14.4 Å². The summed E-state index contributed by atoms with van der Waals surface area (Å²) in [7, 11) is -2.59. The molecule has 0 aliphatic carbocycles. The highest BCUT2D eigenvalue weighted by Gasteiger charge is 2.33. The molecule has 1 unspecified atom stereocenters. The van der Waals surface area contributed by atoms with Gasteiger partial charge in [0.15, 0.2) is 0 Å². The Morgan fingerprint density at radius 1 is 1.00 bits per heavy atom. The number of nitrogens with zero attached hydrogens (tertiary/aromatic N) is 2. The first-order valence-electron chi connectivity index (χ1n) is 12.7. The minimum Gasteiger partial charge on any atom is -0.497 e. The van der Waals surface area contributed by atoms with Gasteiger partial charge in [0, 0.05) is 18.1 Å². The van der Waals surface area contributed by atoms with Crippen LogP contribution in [0.15, 0.2) is 77.7 Å². The second-order valence-electron chi connectivity index (χ2n) is 8.99. The van der Waals surface area contributed by atoms with Crippen LogP contribution in [0.4, 0.5) is 5.69 Å². The lowest BCUT2D eigenvalue weighted by molar-refractivity contribution is -0.140. The summed E-state index contributed by atoms with van der Waals surface area (Å²) in [5.74, 6) is -0.180. The number of hydrogen-bond donors (Lipinski definition) is 1. The summed E-state index contributed by atoms with van der Waals surface area (Å²) in [6.07, 6.45) is 0.343. The molecular formula is C29H34ClN3O5S. The summed E-state index contributed by atoms with van der Waals surface area (Å²) in [5, 5.41) is 3.11. The predicted octanol–water partition coefficient (Wildman–Crippen LogP) is 4.80. The van der Waals surface area contributed by atoms with Crippen LogP contribution in [0.2, 0.25) is 5.02 Å². The number of likely N-dealkylation sites (N-methyl/N-ethyl adjacent to an activating group) is 1. The quantitative estimate of drug-likeness (QED) is 0.337. The number of benzene rings is 3. The lowest BCUT2D eigenvalue weighted by Crippen LogP contribution is -2.52. The number of nitrogens with one attached hydrogen (secondary N) is 1. The number of hydrogen-bond acceptors (Lipinski definition) is 5. The van der Waals surface area contributed by atoms with Gasteiger partial charge in [-0.25, -0.2) is 8.42 Å². The molecule has 3 aromatic rings. The molecule has 8 nitrogen and oxygen atoms in total. The number of carbonyl (C=O) groups is 2. The number of anilines is 1. The molecule has 3 aromatic carbocycles. The predicted molar refractivity (Wildman–Crippen MR) is 153 cm³/mol. The highest BCUT2D eigenvalue weighted by molar-refractivity contribution is 7.92. The van der Waals surface area contributed by atoms with E-state index < -0.39 is 28.5 Å². The van der Waals surface area contributed by atoms with Crippen LogP contribution in [0.5, 0.6) is 5.75 Å². The second-order valence-corrected chi connectivity index (χ2v) is 11.3. The van der Waals surface area contributed by atoms with Gasteiger partial charge in [-0.15, -0.1) is 0 Å². The normalized spacial score (nSPS) is 11.9.